The standard InChI is InChI=1S/C27H35N3O2/c1-3-13-23-14-6-9-17-26(23)32-21-12-11-20-30-25-16-8-7-15-24(25)29-27(30)18-5-4-10-19-28-22(2)31/h3,6-9,14-17H,1,4-5,10-13,18-21H2,2H3,(H,28,31). The van der Waals surface area contributed by atoms with Crippen LogP contribution in [0.4, 0.5) is 0 Å². The van der Waals surface area contributed by atoms with Crippen LogP contribution in [0.1, 0.15) is 50.4 Å². The van der Waals surface area contributed by atoms with E-state index in [0.29, 0.717) is 6.61 Å². The van der Waals surface area contributed by atoms with E-state index < -0.39 is 0 Å². The first-order valence-corrected chi connectivity index (χ1v) is 11.7. The first-order chi connectivity index (χ1) is 15.7. The van der Waals surface area contributed by atoms with E-state index in [1.54, 1.807) is 6.92 Å². The molecule has 0 saturated heterocycles. The number of hydrogen-bond acceptors (Lipinski definition) is 3. The van der Waals surface area contributed by atoms with Crippen LogP contribution >= 0.6 is 0 Å². The monoisotopic (exact) mass is 433 g/mol. The molecular formula is C27H35N3O2. The van der Waals surface area contributed by atoms with Crippen molar-refractivity contribution in [1.29, 1.82) is 0 Å². The van der Waals surface area contributed by atoms with Crippen molar-refractivity contribution in [3.8, 4) is 5.75 Å². The highest BCUT2D eigenvalue weighted by Gasteiger charge is 2.10. The van der Waals surface area contributed by atoms with E-state index in [1.807, 2.05) is 30.3 Å². The Hall–Kier alpha value is -3.08. The zero-order chi connectivity index (χ0) is 22.6. The topological polar surface area (TPSA) is 56.1 Å². The lowest BCUT2D eigenvalue weighted by atomic mass is 10.1. The molecule has 3 rings (SSSR count). The molecule has 0 spiro atoms. The van der Waals surface area contributed by atoms with Crippen LogP contribution in [-0.2, 0) is 24.2 Å². The van der Waals surface area contributed by atoms with E-state index in [2.05, 4.69) is 40.7 Å². The summed E-state index contributed by atoms with van der Waals surface area (Å²) in [6.07, 6.45) is 8.89. The maximum absolute atomic E-state index is 11.0. The minimum Gasteiger partial charge on any atom is -0.493 e. The average Bonchev–Trinajstić information content (AvgIpc) is 3.14. The molecule has 1 N–H and O–H groups in total. The number of benzene rings is 2. The first-order valence-electron chi connectivity index (χ1n) is 11.7. The Bertz CT molecular complexity index is 1010. The lowest BCUT2D eigenvalue weighted by Crippen LogP contribution is -2.20. The van der Waals surface area contributed by atoms with E-state index in [4.69, 9.17) is 9.72 Å². The molecule has 0 radical (unpaired) electrons. The number of carbonyl (C=O) groups is 1. The van der Waals surface area contributed by atoms with Gasteiger partial charge in [-0.25, -0.2) is 4.98 Å². The fraction of sp³-hybridized carbons (Fsp3) is 0.407. The number of ether oxygens (including phenoxy) is 1. The molecule has 0 unspecified atom stereocenters. The van der Waals surface area contributed by atoms with E-state index in [0.717, 1.165) is 75.1 Å². The number of carbonyl (C=O) groups excluding carboxylic acids is 1. The number of rotatable bonds is 14. The SMILES string of the molecule is C=CCc1ccccc1OCCCCn1c(CCCCCNC(C)=O)nc2ccccc21. The molecule has 0 aliphatic heterocycles. The van der Waals surface area contributed by atoms with Crippen LogP contribution in [-0.4, -0.2) is 28.6 Å². The molecule has 0 saturated carbocycles. The fourth-order valence-electron chi connectivity index (χ4n) is 3.94. The predicted octanol–water partition coefficient (Wildman–Crippen LogP) is 5.47. The maximum atomic E-state index is 11.0. The van der Waals surface area contributed by atoms with Crippen molar-refractivity contribution in [2.75, 3.05) is 13.2 Å². The van der Waals surface area contributed by atoms with Crippen molar-refractivity contribution >= 4 is 16.9 Å². The molecule has 0 atom stereocenters. The Morgan fingerprint density at radius 3 is 2.72 bits per heavy atom. The summed E-state index contributed by atoms with van der Waals surface area (Å²) in [5.74, 6) is 2.16. The number of unbranched alkanes of at least 4 members (excludes halogenated alkanes) is 3. The molecule has 0 aliphatic carbocycles. The molecule has 5 nitrogen and oxygen atoms in total. The summed E-state index contributed by atoms with van der Waals surface area (Å²) in [5.41, 5.74) is 3.46. The number of nitrogens with zero attached hydrogens (tertiary/aromatic N) is 2. The lowest BCUT2D eigenvalue weighted by Gasteiger charge is -2.12. The molecule has 1 heterocycles. The zero-order valence-electron chi connectivity index (χ0n) is 19.2. The van der Waals surface area contributed by atoms with Gasteiger partial charge in [0.05, 0.1) is 17.6 Å². The van der Waals surface area contributed by atoms with Gasteiger partial charge in [-0.1, -0.05) is 42.8 Å². The number of amides is 1. The van der Waals surface area contributed by atoms with Crippen LogP contribution in [0.15, 0.2) is 61.2 Å². The highest BCUT2D eigenvalue weighted by Crippen LogP contribution is 2.21. The van der Waals surface area contributed by atoms with Gasteiger partial charge in [-0.15, -0.1) is 6.58 Å². The van der Waals surface area contributed by atoms with E-state index in [9.17, 15) is 4.79 Å². The number of para-hydroxylation sites is 3. The quantitative estimate of drug-likeness (QED) is 0.271. The molecule has 0 bridgehead atoms. The Kier molecular flexibility index (Phi) is 9.36. The van der Waals surface area contributed by atoms with E-state index in [1.165, 1.54) is 11.1 Å². The van der Waals surface area contributed by atoms with Crippen LogP contribution in [0.2, 0.25) is 0 Å². The van der Waals surface area contributed by atoms with Crippen molar-refractivity contribution in [1.82, 2.24) is 14.9 Å². The van der Waals surface area contributed by atoms with Gasteiger partial charge < -0.3 is 14.6 Å². The number of hydrogen-bond donors (Lipinski definition) is 1. The van der Waals surface area contributed by atoms with Crippen LogP contribution in [0.25, 0.3) is 11.0 Å². The van der Waals surface area contributed by atoms with Gasteiger partial charge in [0, 0.05) is 26.4 Å². The molecule has 32 heavy (non-hydrogen) atoms. The molecule has 1 amide bonds. The molecule has 2 aromatic carbocycles. The summed E-state index contributed by atoms with van der Waals surface area (Å²) in [7, 11) is 0. The Labute approximate surface area is 191 Å². The highest BCUT2D eigenvalue weighted by molar-refractivity contribution is 5.75. The van der Waals surface area contributed by atoms with Crippen molar-refractivity contribution < 1.29 is 9.53 Å². The van der Waals surface area contributed by atoms with E-state index >= 15 is 0 Å². The molecule has 170 valence electrons. The maximum Gasteiger partial charge on any atom is 0.216 e. The summed E-state index contributed by atoms with van der Waals surface area (Å²) in [4.78, 5) is 15.9. The zero-order valence-corrected chi connectivity index (χ0v) is 19.2. The van der Waals surface area contributed by atoms with E-state index in [-0.39, 0.29) is 5.91 Å². The summed E-state index contributed by atoms with van der Waals surface area (Å²) in [6.45, 7) is 7.80. The summed E-state index contributed by atoms with van der Waals surface area (Å²) >= 11 is 0. The fourth-order valence-corrected chi connectivity index (χ4v) is 3.94. The van der Waals surface area contributed by atoms with Crippen LogP contribution in [0.5, 0.6) is 5.75 Å². The second kappa shape index (κ2) is 12.7. The van der Waals surface area contributed by atoms with Crippen molar-refractivity contribution in [3.05, 3.63) is 72.6 Å². The summed E-state index contributed by atoms with van der Waals surface area (Å²) in [6, 6.07) is 16.6. The Balaban J connectivity index is 1.50. The minimum absolute atomic E-state index is 0.0416. The largest absolute Gasteiger partial charge is 0.493 e. The smallest absolute Gasteiger partial charge is 0.216 e. The van der Waals surface area contributed by atoms with Gasteiger partial charge in [0.25, 0.3) is 0 Å². The summed E-state index contributed by atoms with van der Waals surface area (Å²) in [5, 5.41) is 2.86. The van der Waals surface area contributed by atoms with Crippen LogP contribution in [0, 0.1) is 0 Å². The number of aromatic nitrogens is 2. The Morgan fingerprint density at radius 1 is 1.06 bits per heavy atom. The molecule has 3 aromatic rings. The second-order valence-electron chi connectivity index (χ2n) is 8.12. The number of fused-ring (bicyclic) bond motifs is 1. The van der Waals surface area contributed by atoms with Crippen molar-refractivity contribution in [2.45, 2.75) is 58.4 Å². The van der Waals surface area contributed by atoms with Gasteiger partial charge in [-0.3, -0.25) is 4.79 Å². The molecular weight excluding hydrogens is 398 g/mol. The Morgan fingerprint density at radius 2 is 1.88 bits per heavy atom. The number of aryl methyl sites for hydroxylation is 2. The van der Waals surface area contributed by atoms with Crippen LogP contribution < -0.4 is 10.1 Å². The highest BCUT2D eigenvalue weighted by atomic mass is 16.5. The average molecular weight is 434 g/mol. The molecule has 0 fully saturated rings. The predicted molar refractivity (Wildman–Crippen MR) is 131 cm³/mol. The molecule has 1 aromatic heterocycles. The van der Waals surface area contributed by atoms with Gasteiger partial charge in [-0.2, -0.15) is 0 Å². The summed E-state index contributed by atoms with van der Waals surface area (Å²) < 4.78 is 8.41. The third kappa shape index (κ3) is 6.98. The third-order valence-corrected chi connectivity index (χ3v) is 5.56. The van der Waals surface area contributed by atoms with Gasteiger partial charge in [0.2, 0.25) is 5.91 Å². The normalized spacial score (nSPS) is 10.9. The molecule has 0 aliphatic rings. The number of nitrogens with one attached hydrogen (secondary N) is 1. The van der Waals surface area contributed by atoms with Crippen molar-refractivity contribution in [3.63, 3.8) is 0 Å². The van der Waals surface area contributed by atoms with Gasteiger partial charge >= 0.3 is 0 Å². The first kappa shape index (κ1) is 23.6. The third-order valence-electron chi connectivity index (χ3n) is 5.56. The van der Waals surface area contributed by atoms with Gasteiger partial charge in [0.15, 0.2) is 0 Å². The van der Waals surface area contributed by atoms with Gasteiger partial charge in [0.1, 0.15) is 11.6 Å². The van der Waals surface area contributed by atoms with Crippen LogP contribution in [0.3, 0.4) is 0 Å². The minimum atomic E-state index is 0.0416. The number of allylic oxidation sites excluding steroid dienone is 1. The van der Waals surface area contributed by atoms with Crippen molar-refractivity contribution in [2.24, 2.45) is 0 Å². The lowest BCUT2D eigenvalue weighted by molar-refractivity contribution is -0.118. The second-order valence-corrected chi connectivity index (χ2v) is 8.12. The number of imidazole rings is 1. The molecule has 5 heteroatoms. The van der Waals surface area contributed by atoms with Gasteiger partial charge in [-0.05, 0) is 55.9 Å².